The molecular weight excluding hydrogens is 537 g/mol. The van der Waals surface area contributed by atoms with Crippen molar-refractivity contribution in [2.45, 2.75) is 32.4 Å². The van der Waals surface area contributed by atoms with E-state index in [1.54, 1.807) is 29.1 Å². The number of tetrazole rings is 1. The molecule has 1 saturated carbocycles. The minimum absolute atomic E-state index is 0.0355. The summed E-state index contributed by atoms with van der Waals surface area (Å²) in [5.41, 5.74) is 1.32. The Labute approximate surface area is 224 Å². The summed E-state index contributed by atoms with van der Waals surface area (Å²) in [7, 11) is 0. The van der Waals surface area contributed by atoms with E-state index in [2.05, 4.69) is 37.6 Å². The zero-order chi connectivity index (χ0) is 27.3. The lowest BCUT2D eigenvalue weighted by atomic mass is 10.0. The molecule has 3 atom stereocenters. The van der Waals surface area contributed by atoms with Crippen LogP contribution in [0.4, 0.5) is 13.2 Å². The average molecular weight is 557 g/mol. The maximum Gasteiger partial charge on any atom is 0.335 e. The molecule has 15 heteroatoms. The molecule has 1 aliphatic rings. The highest BCUT2D eigenvalue weighted by atomic mass is 35.5. The van der Waals surface area contributed by atoms with E-state index in [0.717, 1.165) is 12.7 Å². The molecule has 0 aliphatic heterocycles. The Kier molecular flexibility index (Phi) is 6.25. The van der Waals surface area contributed by atoms with Crippen molar-refractivity contribution in [3.05, 3.63) is 77.3 Å². The molecule has 0 amide bonds. The van der Waals surface area contributed by atoms with Crippen LogP contribution in [0.3, 0.4) is 0 Å². The van der Waals surface area contributed by atoms with Crippen molar-refractivity contribution < 1.29 is 17.9 Å². The van der Waals surface area contributed by atoms with Crippen LogP contribution in [0, 0.1) is 22.9 Å². The van der Waals surface area contributed by atoms with Crippen LogP contribution in [0.15, 0.2) is 55.5 Å². The zero-order valence-corrected chi connectivity index (χ0v) is 21.1. The molecule has 1 unspecified atom stereocenters. The molecule has 4 aromatic heterocycles. The van der Waals surface area contributed by atoms with Crippen molar-refractivity contribution in [2.75, 3.05) is 0 Å². The highest BCUT2D eigenvalue weighted by Crippen LogP contribution is 2.45. The normalized spacial score (nSPS) is 17.6. The Hall–Kier alpha value is -4.33. The molecule has 39 heavy (non-hydrogen) atoms. The van der Waals surface area contributed by atoms with Gasteiger partial charge in [0.2, 0.25) is 5.69 Å². The van der Waals surface area contributed by atoms with Gasteiger partial charge in [-0.15, -0.1) is 5.10 Å². The van der Waals surface area contributed by atoms with Gasteiger partial charge in [-0.3, -0.25) is 4.68 Å². The molecule has 4 heterocycles. The Bertz CT molecular complexity index is 1640. The number of benzene rings is 1. The van der Waals surface area contributed by atoms with E-state index in [1.165, 1.54) is 29.5 Å². The predicted molar refractivity (Wildman–Crippen MR) is 131 cm³/mol. The quantitative estimate of drug-likeness (QED) is 0.207. The van der Waals surface area contributed by atoms with Crippen molar-refractivity contribution in [3.63, 3.8) is 0 Å². The molecular formula is C24H20ClF3N10O. The lowest BCUT2D eigenvalue weighted by Crippen LogP contribution is -2.35. The summed E-state index contributed by atoms with van der Waals surface area (Å²) in [5.74, 6) is 0.0967. The van der Waals surface area contributed by atoms with Gasteiger partial charge in [-0.2, -0.15) is 33.1 Å². The van der Waals surface area contributed by atoms with Crippen LogP contribution in [0.2, 0.25) is 5.02 Å². The fourth-order valence-corrected chi connectivity index (χ4v) is 4.94. The highest BCUT2D eigenvalue weighted by molar-refractivity contribution is 6.31. The Morgan fingerprint density at radius 1 is 1.18 bits per heavy atom. The molecule has 1 aliphatic carbocycles. The standard InChI is InChI=1S/C24H20ClF3N10O/c1-13-6-15(13)7-20(35-9-16(8-31-35)23-29-11-32-38(23)24(27)28)18-4-2-14(10-37(18)39)21-19(36-12-30-33-34-36)5-3-17(25)22(21)26/h2-5,8-13,15,20,24H,6-7H2,1H3/t13?,15-,20-/m0/s1. The third-order valence-electron chi connectivity index (χ3n) is 6.98. The van der Waals surface area contributed by atoms with Crippen LogP contribution >= 0.6 is 11.6 Å². The van der Waals surface area contributed by atoms with Gasteiger partial charge in [-0.1, -0.05) is 18.5 Å². The lowest BCUT2D eigenvalue weighted by molar-refractivity contribution is -0.615. The van der Waals surface area contributed by atoms with Gasteiger partial charge in [0.05, 0.1) is 33.6 Å². The topological polar surface area (TPSA) is 119 Å². The van der Waals surface area contributed by atoms with Crippen molar-refractivity contribution >= 4 is 11.6 Å². The molecule has 0 radical (unpaired) electrons. The van der Waals surface area contributed by atoms with E-state index in [1.807, 2.05) is 0 Å². The Morgan fingerprint density at radius 3 is 2.69 bits per heavy atom. The van der Waals surface area contributed by atoms with Gasteiger partial charge >= 0.3 is 6.55 Å². The number of alkyl halides is 2. The first-order chi connectivity index (χ1) is 18.8. The van der Waals surface area contributed by atoms with Crippen molar-refractivity contribution in [1.82, 2.24) is 44.8 Å². The first-order valence-corrected chi connectivity index (χ1v) is 12.4. The highest BCUT2D eigenvalue weighted by Gasteiger charge is 2.38. The predicted octanol–water partition coefficient (Wildman–Crippen LogP) is 4.24. The smallest absolute Gasteiger partial charge is 0.335 e. The van der Waals surface area contributed by atoms with Gasteiger partial charge < -0.3 is 5.21 Å². The number of nitrogens with zero attached hydrogens (tertiary/aromatic N) is 10. The van der Waals surface area contributed by atoms with Crippen LogP contribution in [0.25, 0.3) is 28.2 Å². The fraction of sp³-hybridized carbons (Fsp3) is 0.292. The molecule has 0 N–H and O–H groups in total. The van der Waals surface area contributed by atoms with Crippen molar-refractivity contribution in [2.24, 2.45) is 11.8 Å². The lowest BCUT2D eigenvalue weighted by Gasteiger charge is -2.18. The molecule has 200 valence electrons. The molecule has 0 spiro atoms. The summed E-state index contributed by atoms with van der Waals surface area (Å²) in [6.45, 7) is -0.742. The third kappa shape index (κ3) is 4.60. The minimum Gasteiger partial charge on any atom is -0.618 e. The van der Waals surface area contributed by atoms with Crippen LogP contribution in [-0.4, -0.2) is 44.8 Å². The fourth-order valence-electron chi connectivity index (χ4n) is 4.78. The first kappa shape index (κ1) is 25.0. The second kappa shape index (κ2) is 9.76. The zero-order valence-electron chi connectivity index (χ0n) is 20.3. The van der Waals surface area contributed by atoms with Crippen LogP contribution < -0.4 is 4.73 Å². The van der Waals surface area contributed by atoms with Gasteiger partial charge in [0.15, 0.2) is 17.8 Å². The second-order valence-corrected chi connectivity index (χ2v) is 9.82. The van der Waals surface area contributed by atoms with Crippen LogP contribution in [0.5, 0.6) is 0 Å². The number of pyridine rings is 1. The number of halogens is 4. The first-order valence-electron chi connectivity index (χ1n) is 12.0. The summed E-state index contributed by atoms with van der Waals surface area (Å²) in [6.07, 6.45) is 8.21. The number of hydrogen-bond donors (Lipinski definition) is 0. The summed E-state index contributed by atoms with van der Waals surface area (Å²) >= 11 is 6.06. The third-order valence-corrected chi connectivity index (χ3v) is 7.27. The summed E-state index contributed by atoms with van der Waals surface area (Å²) in [6, 6.07) is 5.65. The average Bonchev–Trinajstić information content (AvgIpc) is 3.44. The number of hydrogen-bond acceptors (Lipinski definition) is 7. The van der Waals surface area contributed by atoms with Gasteiger partial charge in [0.25, 0.3) is 0 Å². The molecule has 1 aromatic carbocycles. The van der Waals surface area contributed by atoms with E-state index in [-0.39, 0.29) is 22.0 Å². The summed E-state index contributed by atoms with van der Waals surface area (Å²) < 4.78 is 45.9. The number of rotatable bonds is 8. The maximum atomic E-state index is 15.2. The molecule has 6 rings (SSSR count). The molecule has 1 fully saturated rings. The monoisotopic (exact) mass is 556 g/mol. The molecule has 0 bridgehead atoms. The summed E-state index contributed by atoms with van der Waals surface area (Å²) in [5, 5.41) is 32.3. The van der Waals surface area contributed by atoms with E-state index >= 15 is 4.39 Å². The van der Waals surface area contributed by atoms with E-state index in [9.17, 15) is 14.0 Å². The van der Waals surface area contributed by atoms with Gasteiger partial charge in [0.1, 0.15) is 18.7 Å². The number of aromatic nitrogens is 10. The Morgan fingerprint density at radius 2 is 2.00 bits per heavy atom. The van der Waals surface area contributed by atoms with Crippen LogP contribution in [-0.2, 0) is 0 Å². The van der Waals surface area contributed by atoms with Gasteiger partial charge in [-0.05, 0) is 53.3 Å². The van der Waals surface area contributed by atoms with Crippen LogP contribution in [0.1, 0.15) is 38.1 Å². The summed E-state index contributed by atoms with van der Waals surface area (Å²) in [4.78, 5) is 3.94. The van der Waals surface area contributed by atoms with Gasteiger partial charge in [-0.25, -0.2) is 9.37 Å². The van der Waals surface area contributed by atoms with Crippen molar-refractivity contribution in [3.8, 4) is 28.2 Å². The maximum absolute atomic E-state index is 15.2. The van der Waals surface area contributed by atoms with Crippen molar-refractivity contribution in [1.29, 1.82) is 0 Å². The largest absolute Gasteiger partial charge is 0.618 e. The molecule has 5 aromatic rings. The molecule has 11 nitrogen and oxygen atoms in total. The van der Waals surface area contributed by atoms with E-state index in [4.69, 9.17) is 11.6 Å². The SMILES string of the molecule is CC1C[C@H]1C[C@@H](c1ccc(-c2c(-n3cnnn3)ccc(Cl)c2F)c[n+]1[O-])n1cc(-c2ncnn2C(F)F)cn1. The minimum atomic E-state index is -2.87. The Balaban J connectivity index is 1.40. The molecule has 0 saturated heterocycles. The second-order valence-electron chi connectivity index (χ2n) is 9.42. The van der Waals surface area contributed by atoms with Gasteiger partial charge in [0, 0.05) is 12.3 Å². The van der Waals surface area contributed by atoms with E-state index < -0.39 is 18.4 Å². The van der Waals surface area contributed by atoms with E-state index in [0.29, 0.717) is 44.6 Å².